The number of aromatic nitrogens is 4. The van der Waals surface area contributed by atoms with Crippen LogP contribution in [0.2, 0.25) is 0 Å². The normalized spacial score (nSPS) is 11.5. The Morgan fingerprint density at radius 2 is 1.82 bits per heavy atom. The van der Waals surface area contributed by atoms with Gasteiger partial charge in [0.15, 0.2) is 10.6 Å². The summed E-state index contributed by atoms with van der Waals surface area (Å²) in [6.07, 6.45) is 0. The summed E-state index contributed by atoms with van der Waals surface area (Å²) >= 11 is 5.51. The predicted molar refractivity (Wildman–Crippen MR) is 118 cm³/mol. The Bertz CT molecular complexity index is 1220. The third-order valence-electron chi connectivity index (χ3n) is 4.93. The molecule has 0 amide bonds. The fraction of sp³-hybridized carbons (Fsp3) is 0.261. The molecule has 1 N–H and O–H groups in total. The number of nitrogens with one attached hydrogen (secondary N) is 1. The molecule has 142 valence electrons. The van der Waals surface area contributed by atoms with Crippen LogP contribution in [0.1, 0.15) is 25.0 Å². The first-order chi connectivity index (χ1) is 13.4. The molecule has 4 aromatic rings. The van der Waals surface area contributed by atoms with Crippen LogP contribution < -0.4 is 0 Å². The summed E-state index contributed by atoms with van der Waals surface area (Å²) in [5, 5.41) is 8.64. The van der Waals surface area contributed by atoms with Crippen molar-refractivity contribution in [3.05, 3.63) is 64.4 Å². The van der Waals surface area contributed by atoms with Crippen molar-refractivity contribution in [1.82, 2.24) is 19.7 Å². The molecule has 28 heavy (non-hydrogen) atoms. The lowest BCUT2D eigenvalue weighted by molar-refractivity contribution is 0.521. The van der Waals surface area contributed by atoms with Gasteiger partial charge < -0.3 is 0 Å². The van der Waals surface area contributed by atoms with Gasteiger partial charge in [-0.3, -0.25) is 9.67 Å². The molecule has 0 fully saturated rings. The number of para-hydroxylation sites is 1. The number of aromatic amines is 1. The molecule has 0 atom stereocenters. The minimum atomic E-state index is 0.467. The first kappa shape index (κ1) is 18.6. The minimum Gasteiger partial charge on any atom is -0.300 e. The molecule has 0 unspecified atom stereocenters. The second-order valence-electron chi connectivity index (χ2n) is 7.75. The first-order valence-electron chi connectivity index (χ1n) is 9.57. The van der Waals surface area contributed by atoms with Crippen LogP contribution in [0.3, 0.4) is 0 Å². The molecule has 5 heteroatoms. The van der Waals surface area contributed by atoms with Crippen LogP contribution in [0.4, 0.5) is 0 Å². The SMILES string of the molecule is Cc1ccc(C)c(-c2cc(-c3n[nH]c(=S)n3CC(C)C)c3ccccc3n2)c1. The number of benzene rings is 2. The Hall–Kier alpha value is -2.79. The molecule has 2 aromatic carbocycles. The topological polar surface area (TPSA) is 46.5 Å². The van der Waals surface area contributed by atoms with E-state index in [2.05, 4.69) is 78.9 Å². The van der Waals surface area contributed by atoms with E-state index in [0.717, 1.165) is 40.1 Å². The van der Waals surface area contributed by atoms with Crippen molar-refractivity contribution in [3.8, 4) is 22.6 Å². The smallest absolute Gasteiger partial charge is 0.195 e. The minimum absolute atomic E-state index is 0.467. The fourth-order valence-corrected chi connectivity index (χ4v) is 3.77. The van der Waals surface area contributed by atoms with Gasteiger partial charge in [-0.2, -0.15) is 5.10 Å². The molecule has 0 aliphatic rings. The third-order valence-corrected chi connectivity index (χ3v) is 5.24. The van der Waals surface area contributed by atoms with Crippen LogP contribution in [-0.2, 0) is 6.54 Å². The van der Waals surface area contributed by atoms with E-state index in [0.29, 0.717) is 10.7 Å². The Morgan fingerprint density at radius 3 is 2.61 bits per heavy atom. The molecule has 0 spiro atoms. The number of fused-ring (bicyclic) bond motifs is 1. The molecule has 4 rings (SSSR count). The second-order valence-corrected chi connectivity index (χ2v) is 8.13. The van der Waals surface area contributed by atoms with Crippen LogP contribution in [0.15, 0.2) is 48.5 Å². The van der Waals surface area contributed by atoms with Crippen molar-refractivity contribution < 1.29 is 0 Å². The van der Waals surface area contributed by atoms with Crippen molar-refractivity contribution in [2.24, 2.45) is 5.92 Å². The number of H-pyrrole nitrogens is 1. The highest BCUT2D eigenvalue weighted by molar-refractivity contribution is 7.71. The second kappa shape index (κ2) is 7.32. The number of hydrogen-bond donors (Lipinski definition) is 1. The van der Waals surface area contributed by atoms with Gasteiger partial charge in [-0.1, -0.05) is 49.7 Å². The summed E-state index contributed by atoms with van der Waals surface area (Å²) in [6.45, 7) is 9.43. The van der Waals surface area contributed by atoms with E-state index in [1.807, 2.05) is 12.1 Å². The average Bonchev–Trinajstić information content (AvgIpc) is 3.02. The number of rotatable bonds is 4. The van der Waals surface area contributed by atoms with Gasteiger partial charge in [0, 0.05) is 23.1 Å². The van der Waals surface area contributed by atoms with E-state index in [-0.39, 0.29) is 0 Å². The maximum Gasteiger partial charge on any atom is 0.195 e. The summed E-state index contributed by atoms with van der Waals surface area (Å²) in [5.41, 5.74) is 6.55. The van der Waals surface area contributed by atoms with E-state index in [1.165, 1.54) is 11.1 Å². The van der Waals surface area contributed by atoms with Gasteiger partial charge in [-0.15, -0.1) is 0 Å². The van der Waals surface area contributed by atoms with Crippen LogP contribution in [0, 0.1) is 24.5 Å². The van der Waals surface area contributed by atoms with E-state index in [4.69, 9.17) is 17.2 Å². The zero-order valence-electron chi connectivity index (χ0n) is 16.7. The van der Waals surface area contributed by atoms with Gasteiger partial charge in [-0.05, 0) is 55.7 Å². The molecule has 0 aliphatic carbocycles. The van der Waals surface area contributed by atoms with E-state index in [1.54, 1.807) is 0 Å². The highest BCUT2D eigenvalue weighted by Crippen LogP contribution is 2.33. The molecule has 2 heterocycles. The zero-order valence-corrected chi connectivity index (χ0v) is 17.5. The largest absolute Gasteiger partial charge is 0.300 e. The summed E-state index contributed by atoms with van der Waals surface area (Å²) in [7, 11) is 0. The molecule has 2 aromatic heterocycles. The fourth-order valence-electron chi connectivity index (χ4n) is 3.57. The van der Waals surface area contributed by atoms with E-state index in [9.17, 15) is 0 Å². The van der Waals surface area contributed by atoms with E-state index < -0.39 is 0 Å². The molecule has 0 bridgehead atoms. The number of pyridine rings is 1. The number of aryl methyl sites for hydroxylation is 2. The third kappa shape index (κ3) is 3.38. The van der Waals surface area contributed by atoms with Gasteiger partial charge in [0.2, 0.25) is 0 Å². The molecular formula is C23H24N4S. The summed E-state index contributed by atoms with van der Waals surface area (Å²) in [4.78, 5) is 4.96. The monoisotopic (exact) mass is 388 g/mol. The molecule has 4 nitrogen and oxygen atoms in total. The quantitative estimate of drug-likeness (QED) is 0.430. The lowest BCUT2D eigenvalue weighted by atomic mass is 9.99. The van der Waals surface area contributed by atoms with Gasteiger partial charge in [0.25, 0.3) is 0 Å². The van der Waals surface area contributed by atoms with Gasteiger partial charge in [0.05, 0.1) is 11.2 Å². The molecule has 0 saturated carbocycles. The maximum absolute atomic E-state index is 5.51. The molecular weight excluding hydrogens is 364 g/mol. The van der Waals surface area contributed by atoms with Gasteiger partial charge >= 0.3 is 0 Å². The van der Waals surface area contributed by atoms with Gasteiger partial charge in [0.1, 0.15) is 0 Å². The van der Waals surface area contributed by atoms with Gasteiger partial charge in [-0.25, -0.2) is 4.98 Å². The highest BCUT2D eigenvalue weighted by Gasteiger charge is 2.16. The highest BCUT2D eigenvalue weighted by atomic mass is 32.1. The summed E-state index contributed by atoms with van der Waals surface area (Å²) in [5.74, 6) is 1.33. The van der Waals surface area contributed by atoms with Crippen LogP contribution in [0.25, 0.3) is 33.5 Å². The lowest BCUT2D eigenvalue weighted by Crippen LogP contribution is -2.07. The zero-order chi connectivity index (χ0) is 19.8. The molecule has 0 radical (unpaired) electrons. The van der Waals surface area contributed by atoms with Crippen molar-refractivity contribution in [3.63, 3.8) is 0 Å². The maximum atomic E-state index is 5.51. The Balaban J connectivity index is 2.02. The van der Waals surface area contributed by atoms with Crippen LogP contribution in [-0.4, -0.2) is 19.7 Å². The first-order valence-corrected chi connectivity index (χ1v) is 9.98. The van der Waals surface area contributed by atoms with Crippen LogP contribution >= 0.6 is 12.2 Å². The molecule has 0 saturated heterocycles. The van der Waals surface area contributed by atoms with Crippen molar-refractivity contribution in [2.75, 3.05) is 0 Å². The lowest BCUT2D eigenvalue weighted by Gasteiger charge is -2.14. The van der Waals surface area contributed by atoms with Crippen LogP contribution in [0.5, 0.6) is 0 Å². The standard InChI is InChI=1S/C23H24N4S/c1-14(2)13-27-22(25-26-23(27)28)19-12-21(18-11-15(3)9-10-16(18)4)24-20-8-6-5-7-17(19)20/h5-12,14H,13H2,1-4H3,(H,26,28). The van der Waals surface area contributed by atoms with E-state index >= 15 is 0 Å². The predicted octanol–water partition coefficient (Wildman–Crippen LogP) is 6.10. The average molecular weight is 389 g/mol. The summed E-state index contributed by atoms with van der Waals surface area (Å²) < 4.78 is 2.74. The molecule has 0 aliphatic heterocycles. The Kier molecular flexibility index (Phi) is 4.85. The Labute approximate surface area is 170 Å². The van der Waals surface area contributed by atoms with Crippen molar-refractivity contribution >= 4 is 23.1 Å². The van der Waals surface area contributed by atoms with Crippen molar-refractivity contribution in [1.29, 1.82) is 0 Å². The number of nitrogens with zero attached hydrogens (tertiary/aromatic N) is 3. The number of hydrogen-bond acceptors (Lipinski definition) is 3. The van der Waals surface area contributed by atoms with Crippen molar-refractivity contribution in [2.45, 2.75) is 34.2 Å². The Morgan fingerprint density at radius 1 is 1.04 bits per heavy atom. The summed E-state index contributed by atoms with van der Waals surface area (Å²) in [6, 6.07) is 16.8.